The molecular weight excluding hydrogens is 422 g/mol. The van der Waals surface area contributed by atoms with Crippen molar-refractivity contribution >= 4 is 35.1 Å². The van der Waals surface area contributed by atoms with E-state index in [4.69, 9.17) is 0 Å². The van der Waals surface area contributed by atoms with Crippen molar-refractivity contribution in [2.75, 3.05) is 12.3 Å². The number of hydrogen-bond donors (Lipinski definition) is 1. The van der Waals surface area contributed by atoms with E-state index < -0.39 is 4.92 Å². The standard InChI is InChI=1S/C20H21N5O3S2/c1-14-3-5-15(6-4-14)12-29-10-9-21-19(26)16-7-8-18(17(11-16)25(27)28)30-20-23-22-13-24(20)2/h3-8,11,13H,9-10,12H2,1-2H3,(H,21,26). The average molecular weight is 444 g/mol. The lowest BCUT2D eigenvalue weighted by molar-refractivity contribution is -0.387. The molecule has 0 unspecified atom stereocenters. The summed E-state index contributed by atoms with van der Waals surface area (Å²) in [7, 11) is 1.76. The van der Waals surface area contributed by atoms with E-state index >= 15 is 0 Å². The molecule has 156 valence electrons. The predicted octanol–water partition coefficient (Wildman–Crippen LogP) is 3.85. The van der Waals surface area contributed by atoms with E-state index in [0.29, 0.717) is 16.6 Å². The molecule has 1 amide bonds. The number of thioether (sulfide) groups is 1. The van der Waals surface area contributed by atoms with Crippen molar-refractivity contribution < 1.29 is 9.72 Å². The maximum Gasteiger partial charge on any atom is 0.284 e. The molecule has 0 radical (unpaired) electrons. The number of hydrogen-bond acceptors (Lipinski definition) is 7. The lowest BCUT2D eigenvalue weighted by atomic mass is 10.2. The van der Waals surface area contributed by atoms with Crippen LogP contribution in [-0.4, -0.2) is 37.9 Å². The normalized spacial score (nSPS) is 10.7. The molecule has 0 spiro atoms. The third-order valence-corrected chi connectivity index (χ3v) is 6.36. The number of nitro groups is 1. The Labute approximate surface area is 182 Å². The molecule has 0 atom stereocenters. The molecule has 1 aromatic heterocycles. The summed E-state index contributed by atoms with van der Waals surface area (Å²) >= 11 is 2.85. The van der Waals surface area contributed by atoms with Crippen LogP contribution in [0.3, 0.4) is 0 Å². The SMILES string of the molecule is Cc1ccc(CSCCNC(=O)c2ccc(Sc3nncn3C)c([N+](=O)[O-])c2)cc1. The number of aromatic nitrogens is 3. The minimum absolute atomic E-state index is 0.135. The number of aryl methyl sites for hydroxylation is 2. The lowest BCUT2D eigenvalue weighted by Gasteiger charge is -2.07. The summed E-state index contributed by atoms with van der Waals surface area (Å²) in [5.74, 6) is 1.29. The number of carbonyl (C=O) groups is 1. The Balaban J connectivity index is 1.55. The Kier molecular flexibility index (Phi) is 7.47. The van der Waals surface area contributed by atoms with E-state index in [1.54, 1.807) is 35.5 Å². The van der Waals surface area contributed by atoms with Gasteiger partial charge in [-0.05, 0) is 36.4 Å². The van der Waals surface area contributed by atoms with Crippen LogP contribution in [0.2, 0.25) is 0 Å². The first-order chi connectivity index (χ1) is 14.4. The summed E-state index contributed by atoms with van der Waals surface area (Å²) in [6, 6.07) is 12.8. The first kappa shape index (κ1) is 21.8. The monoisotopic (exact) mass is 443 g/mol. The van der Waals surface area contributed by atoms with E-state index in [9.17, 15) is 14.9 Å². The molecule has 0 fully saturated rings. The summed E-state index contributed by atoms with van der Waals surface area (Å²) < 4.78 is 1.67. The van der Waals surface area contributed by atoms with Gasteiger partial charge in [0.05, 0.1) is 9.82 Å². The van der Waals surface area contributed by atoms with Crippen LogP contribution >= 0.6 is 23.5 Å². The molecule has 2 aromatic carbocycles. The molecule has 0 bridgehead atoms. The number of amides is 1. The number of nitrogens with one attached hydrogen (secondary N) is 1. The second kappa shape index (κ2) is 10.3. The van der Waals surface area contributed by atoms with Gasteiger partial charge < -0.3 is 9.88 Å². The summed E-state index contributed by atoms with van der Waals surface area (Å²) in [4.78, 5) is 23.8. The van der Waals surface area contributed by atoms with Crippen LogP contribution in [-0.2, 0) is 12.8 Å². The molecule has 0 aliphatic rings. The molecule has 1 heterocycles. The number of nitro benzene ring substituents is 1. The first-order valence-corrected chi connectivity index (χ1v) is 11.1. The van der Waals surface area contributed by atoms with Crippen molar-refractivity contribution in [3.05, 3.63) is 75.6 Å². The highest BCUT2D eigenvalue weighted by molar-refractivity contribution is 7.99. The van der Waals surface area contributed by atoms with Crippen LogP contribution in [0, 0.1) is 17.0 Å². The highest BCUT2D eigenvalue weighted by Crippen LogP contribution is 2.34. The highest BCUT2D eigenvalue weighted by Gasteiger charge is 2.20. The molecule has 0 aliphatic heterocycles. The summed E-state index contributed by atoms with van der Waals surface area (Å²) in [5.41, 5.74) is 2.59. The van der Waals surface area contributed by atoms with Crippen LogP contribution in [0.4, 0.5) is 5.69 Å². The van der Waals surface area contributed by atoms with Crippen LogP contribution < -0.4 is 5.32 Å². The van der Waals surface area contributed by atoms with Gasteiger partial charge in [0, 0.05) is 36.7 Å². The number of benzene rings is 2. The Morgan fingerprint density at radius 2 is 2.00 bits per heavy atom. The second-order valence-corrected chi connectivity index (χ2v) is 8.67. The maximum atomic E-state index is 12.4. The van der Waals surface area contributed by atoms with Crippen LogP contribution in [0.25, 0.3) is 0 Å². The molecule has 30 heavy (non-hydrogen) atoms. The zero-order valence-electron chi connectivity index (χ0n) is 16.6. The van der Waals surface area contributed by atoms with E-state index in [0.717, 1.165) is 23.3 Å². The van der Waals surface area contributed by atoms with Crippen LogP contribution in [0.5, 0.6) is 0 Å². The Morgan fingerprint density at radius 3 is 2.67 bits per heavy atom. The first-order valence-electron chi connectivity index (χ1n) is 9.16. The van der Waals surface area contributed by atoms with Gasteiger partial charge in [0.2, 0.25) is 0 Å². The number of nitrogens with zero attached hydrogens (tertiary/aromatic N) is 4. The molecule has 10 heteroatoms. The topological polar surface area (TPSA) is 103 Å². The molecule has 1 N–H and O–H groups in total. The maximum absolute atomic E-state index is 12.4. The molecule has 3 rings (SSSR count). The summed E-state index contributed by atoms with van der Waals surface area (Å²) in [6.07, 6.45) is 1.52. The van der Waals surface area contributed by atoms with Gasteiger partial charge in [-0.25, -0.2) is 0 Å². The van der Waals surface area contributed by atoms with Gasteiger partial charge >= 0.3 is 0 Å². The minimum Gasteiger partial charge on any atom is -0.351 e. The zero-order valence-corrected chi connectivity index (χ0v) is 18.2. The van der Waals surface area contributed by atoms with Crippen molar-refractivity contribution in [1.82, 2.24) is 20.1 Å². The quantitative estimate of drug-likeness (QED) is 0.304. The van der Waals surface area contributed by atoms with E-state index in [1.165, 1.54) is 23.5 Å². The minimum atomic E-state index is -0.493. The zero-order chi connectivity index (χ0) is 21.5. The number of carbonyl (C=O) groups excluding carboxylic acids is 1. The lowest BCUT2D eigenvalue weighted by Crippen LogP contribution is -2.25. The van der Waals surface area contributed by atoms with Gasteiger partial charge in [0.25, 0.3) is 11.6 Å². The molecule has 8 nitrogen and oxygen atoms in total. The largest absolute Gasteiger partial charge is 0.351 e. The van der Waals surface area contributed by atoms with Crippen molar-refractivity contribution in [2.24, 2.45) is 7.05 Å². The second-order valence-electron chi connectivity index (χ2n) is 6.56. The summed E-state index contributed by atoms with van der Waals surface area (Å²) in [5, 5.41) is 22.5. The Hall–Kier alpha value is -2.85. The van der Waals surface area contributed by atoms with Crippen LogP contribution in [0.1, 0.15) is 21.5 Å². The van der Waals surface area contributed by atoms with Gasteiger partial charge in [0.15, 0.2) is 5.16 Å². The van der Waals surface area contributed by atoms with Crippen molar-refractivity contribution in [3.8, 4) is 0 Å². The van der Waals surface area contributed by atoms with E-state index in [-0.39, 0.29) is 17.2 Å². The van der Waals surface area contributed by atoms with Gasteiger partial charge in [-0.3, -0.25) is 14.9 Å². The molecule has 0 saturated heterocycles. The van der Waals surface area contributed by atoms with E-state index in [2.05, 4.69) is 46.7 Å². The predicted molar refractivity (Wildman–Crippen MR) is 118 cm³/mol. The van der Waals surface area contributed by atoms with Crippen molar-refractivity contribution in [1.29, 1.82) is 0 Å². The fraction of sp³-hybridized carbons (Fsp3) is 0.250. The van der Waals surface area contributed by atoms with Gasteiger partial charge in [-0.15, -0.1) is 10.2 Å². The fourth-order valence-electron chi connectivity index (χ4n) is 2.56. The Morgan fingerprint density at radius 1 is 1.23 bits per heavy atom. The third-order valence-electron chi connectivity index (χ3n) is 4.21. The Bertz CT molecular complexity index is 1040. The van der Waals surface area contributed by atoms with Gasteiger partial charge in [-0.1, -0.05) is 29.8 Å². The molecular formula is C20H21N5O3S2. The highest BCUT2D eigenvalue weighted by atomic mass is 32.2. The molecule has 0 aliphatic carbocycles. The summed E-state index contributed by atoms with van der Waals surface area (Å²) in [6.45, 7) is 2.54. The van der Waals surface area contributed by atoms with Gasteiger partial charge in [-0.2, -0.15) is 11.8 Å². The third kappa shape index (κ3) is 5.83. The fourth-order valence-corrected chi connectivity index (χ4v) is 4.23. The molecule has 3 aromatic rings. The smallest absolute Gasteiger partial charge is 0.284 e. The number of rotatable bonds is 9. The average Bonchev–Trinajstić information content (AvgIpc) is 3.13. The van der Waals surface area contributed by atoms with Crippen molar-refractivity contribution in [2.45, 2.75) is 22.7 Å². The van der Waals surface area contributed by atoms with Gasteiger partial charge in [0.1, 0.15) is 6.33 Å². The van der Waals surface area contributed by atoms with Crippen LogP contribution in [0.15, 0.2) is 58.8 Å². The van der Waals surface area contributed by atoms with Crippen molar-refractivity contribution in [3.63, 3.8) is 0 Å². The van der Waals surface area contributed by atoms with E-state index in [1.807, 2.05) is 0 Å². The molecule has 0 saturated carbocycles.